The second-order valence-corrected chi connectivity index (χ2v) is 9.16. The molecule has 0 atom stereocenters. The molecule has 4 aromatic rings. The number of aromatic nitrogens is 3. The summed E-state index contributed by atoms with van der Waals surface area (Å²) in [5.74, 6) is 2.34. The highest BCUT2D eigenvalue weighted by Crippen LogP contribution is 2.30. The van der Waals surface area contributed by atoms with Gasteiger partial charge in [-0.3, -0.25) is 9.78 Å². The minimum Gasteiger partial charge on any atom is -0.340 e. The molecule has 2 aromatic heterocycles. The minimum atomic E-state index is -0.501. The van der Waals surface area contributed by atoms with E-state index in [1.54, 1.807) is 30.6 Å². The average molecular weight is 480 g/mol. The van der Waals surface area contributed by atoms with Gasteiger partial charge in [0.25, 0.3) is 5.91 Å². The van der Waals surface area contributed by atoms with Gasteiger partial charge >= 0.3 is 0 Å². The Hall–Kier alpha value is -3.23. The van der Waals surface area contributed by atoms with E-state index in [9.17, 15) is 9.18 Å². The largest absolute Gasteiger partial charge is 0.340 e. The van der Waals surface area contributed by atoms with E-state index in [-0.39, 0.29) is 10.9 Å². The van der Waals surface area contributed by atoms with Crippen molar-refractivity contribution >= 4 is 51.7 Å². The SMILES string of the molecule is O=C(c1ccc2nc(-c3cccnc3)nc(Nc3ccc(F)c(Cl)c3)c2c1)N1CCSCC1. The molecule has 1 aliphatic rings. The van der Waals surface area contributed by atoms with Gasteiger partial charge in [-0.25, -0.2) is 14.4 Å². The Morgan fingerprint density at radius 1 is 1.09 bits per heavy atom. The first-order valence-electron chi connectivity index (χ1n) is 10.4. The number of fused-ring (bicyclic) bond motifs is 1. The molecule has 166 valence electrons. The van der Waals surface area contributed by atoms with Gasteiger partial charge in [-0.1, -0.05) is 11.6 Å². The molecule has 9 heteroatoms. The Kier molecular flexibility index (Phi) is 6.11. The molecule has 0 spiro atoms. The highest BCUT2D eigenvalue weighted by Gasteiger charge is 2.20. The van der Waals surface area contributed by atoms with Crippen LogP contribution in [0, 0.1) is 5.82 Å². The summed E-state index contributed by atoms with van der Waals surface area (Å²) in [6.07, 6.45) is 3.37. The number of hydrogen-bond acceptors (Lipinski definition) is 6. The monoisotopic (exact) mass is 479 g/mol. The second kappa shape index (κ2) is 9.33. The molecule has 1 amide bonds. The molecule has 0 saturated carbocycles. The normalized spacial score (nSPS) is 13.8. The zero-order valence-electron chi connectivity index (χ0n) is 17.5. The Balaban J connectivity index is 1.60. The summed E-state index contributed by atoms with van der Waals surface area (Å²) in [5, 5.41) is 3.91. The summed E-state index contributed by atoms with van der Waals surface area (Å²) in [5.41, 5.74) is 2.58. The van der Waals surface area contributed by atoms with Crippen LogP contribution in [-0.2, 0) is 0 Å². The number of rotatable bonds is 4. The third-order valence-electron chi connectivity index (χ3n) is 5.34. The van der Waals surface area contributed by atoms with Crippen LogP contribution in [0.2, 0.25) is 5.02 Å². The zero-order chi connectivity index (χ0) is 22.8. The Morgan fingerprint density at radius 2 is 1.94 bits per heavy atom. The molecule has 0 bridgehead atoms. The van der Waals surface area contributed by atoms with Crippen LogP contribution in [0.4, 0.5) is 15.9 Å². The van der Waals surface area contributed by atoms with Crippen molar-refractivity contribution in [1.29, 1.82) is 0 Å². The average Bonchev–Trinajstić information content (AvgIpc) is 2.86. The van der Waals surface area contributed by atoms with Crippen LogP contribution in [0.5, 0.6) is 0 Å². The van der Waals surface area contributed by atoms with E-state index in [4.69, 9.17) is 16.6 Å². The molecule has 1 fully saturated rings. The van der Waals surface area contributed by atoms with Gasteiger partial charge < -0.3 is 10.2 Å². The number of amides is 1. The summed E-state index contributed by atoms with van der Waals surface area (Å²) in [6, 6.07) is 13.5. The molecule has 1 N–H and O–H groups in total. The lowest BCUT2D eigenvalue weighted by Gasteiger charge is -2.26. The summed E-state index contributed by atoms with van der Waals surface area (Å²) >= 11 is 7.82. The Labute approximate surface area is 199 Å². The van der Waals surface area contributed by atoms with Crippen molar-refractivity contribution in [2.75, 3.05) is 29.9 Å². The van der Waals surface area contributed by atoms with E-state index in [2.05, 4.69) is 15.3 Å². The predicted molar refractivity (Wildman–Crippen MR) is 131 cm³/mol. The highest BCUT2D eigenvalue weighted by molar-refractivity contribution is 7.99. The highest BCUT2D eigenvalue weighted by atomic mass is 35.5. The second-order valence-electron chi connectivity index (χ2n) is 7.53. The van der Waals surface area contributed by atoms with Crippen molar-refractivity contribution in [2.45, 2.75) is 0 Å². The van der Waals surface area contributed by atoms with Crippen LogP contribution in [0.25, 0.3) is 22.3 Å². The van der Waals surface area contributed by atoms with E-state index in [0.717, 1.165) is 30.2 Å². The topological polar surface area (TPSA) is 71.0 Å². The maximum absolute atomic E-state index is 13.7. The number of hydrogen-bond donors (Lipinski definition) is 1. The quantitative estimate of drug-likeness (QED) is 0.421. The molecule has 0 unspecified atom stereocenters. The van der Waals surface area contributed by atoms with Gasteiger partial charge in [-0.05, 0) is 48.5 Å². The first-order chi connectivity index (χ1) is 16.1. The van der Waals surface area contributed by atoms with Crippen LogP contribution in [0.15, 0.2) is 60.9 Å². The van der Waals surface area contributed by atoms with Crippen LogP contribution in [-0.4, -0.2) is 50.4 Å². The van der Waals surface area contributed by atoms with Crippen molar-refractivity contribution in [3.8, 4) is 11.4 Å². The van der Waals surface area contributed by atoms with Crippen LogP contribution >= 0.6 is 23.4 Å². The van der Waals surface area contributed by atoms with Crippen LogP contribution in [0.1, 0.15) is 10.4 Å². The summed E-state index contributed by atoms with van der Waals surface area (Å²) < 4.78 is 13.7. The van der Waals surface area contributed by atoms with E-state index in [1.165, 1.54) is 12.1 Å². The molecule has 6 nitrogen and oxygen atoms in total. The van der Waals surface area contributed by atoms with E-state index in [0.29, 0.717) is 33.8 Å². The number of pyridine rings is 1. The Morgan fingerprint density at radius 3 is 2.70 bits per heavy atom. The molecular weight excluding hydrogens is 461 g/mol. The number of carbonyl (C=O) groups excluding carboxylic acids is 1. The lowest BCUT2D eigenvalue weighted by Crippen LogP contribution is -2.37. The third-order valence-corrected chi connectivity index (χ3v) is 6.58. The summed E-state index contributed by atoms with van der Waals surface area (Å²) in [6.45, 7) is 1.47. The van der Waals surface area contributed by atoms with Crippen molar-refractivity contribution in [3.63, 3.8) is 0 Å². The minimum absolute atomic E-state index is 0.00433. The fraction of sp³-hybridized carbons (Fsp3) is 0.167. The maximum Gasteiger partial charge on any atom is 0.253 e. The lowest BCUT2D eigenvalue weighted by molar-refractivity contribution is 0.0772. The van der Waals surface area contributed by atoms with Gasteiger partial charge in [0.2, 0.25) is 0 Å². The van der Waals surface area contributed by atoms with Gasteiger partial charge in [0.05, 0.1) is 10.5 Å². The van der Waals surface area contributed by atoms with E-state index in [1.807, 2.05) is 34.9 Å². The lowest BCUT2D eigenvalue weighted by atomic mass is 10.1. The van der Waals surface area contributed by atoms with Crippen molar-refractivity contribution < 1.29 is 9.18 Å². The van der Waals surface area contributed by atoms with E-state index < -0.39 is 5.82 Å². The molecule has 2 aromatic carbocycles. The number of halogens is 2. The molecule has 1 saturated heterocycles. The van der Waals surface area contributed by atoms with Gasteiger partial charge in [0.1, 0.15) is 11.6 Å². The first kappa shape index (κ1) is 21.6. The van der Waals surface area contributed by atoms with Crippen LogP contribution < -0.4 is 5.32 Å². The molecule has 5 rings (SSSR count). The van der Waals surface area contributed by atoms with Crippen LogP contribution in [0.3, 0.4) is 0 Å². The number of benzene rings is 2. The summed E-state index contributed by atoms with van der Waals surface area (Å²) in [7, 11) is 0. The number of carbonyl (C=O) groups is 1. The van der Waals surface area contributed by atoms with Gasteiger partial charge in [0.15, 0.2) is 5.82 Å². The molecular formula is C24H19ClFN5OS. The third kappa shape index (κ3) is 4.62. The molecule has 1 aliphatic heterocycles. The van der Waals surface area contributed by atoms with Crippen molar-refractivity contribution in [2.24, 2.45) is 0 Å². The molecule has 3 heterocycles. The standard InChI is InChI=1S/C24H19ClFN5OS/c25-19-13-17(4-5-20(19)26)28-23-18-12-15(24(32)31-8-10-33-11-9-31)3-6-21(18)29-22(30-23)16-2-1-7-27-14-16/h1-7,12-14H,8-11H2,(H,28,29,30). The fourth-order valence-corrected chi connectivity index (χ4v) is 4.72. The van der Waals surface area contributed by atoms with Gasteiger partial charge in [-0.2, -0.15) is 11.8 Å². The van der Waals surface area contributed by atoms with E-state index >= 15 is 0 Å². The zero-order valence-corrected chi connectivity index (χ0v) is 19.0. The first-order valence-corrected chi connectivity index (χ1v) is 11.9. The van der Waals surface area contributed by atoms with Crippen molar-refractivity contribution in [3.05, 3.63) is 77.3 Å². The molecule has 0 radical (unpaired) electrons. The number of thioether (sulfide) groups is 1. The van der Waals surface area contributed by atoms with Crippen molar-refractivity contribution in [1.82, 2.24) is 19.9 Å². The van der Waals surface area contributed by atoms with Gasteiger partial charge in [-0.15, -0.1) is 0 Å². The number of nitrogens with zero attached hydrogens (tertiary/aromatic N) is 4. The number of nitrogens with one attached hydrogen (secondary N) is 1. The maximum atomic E-state index is 13.7. The number of anilines is 2. The molecule has 0 aliphatic carbocycles. The summed E-state index contributed by atoms with van der Waals surface area (Å²) in [4.78, 5) is 28.5. The fourth-order valence-electron chi connectivity index (χ4n) is 3.64. The smallest absolute Gasteiger partial charge is 0.253 e. The predicted octanol–water partition coefficient (Wildman–Crippen LogP) is 5.42. The molecule has 33 heavy (non-hydrogen) atoms. The Bertz CT molecular complexity index is 1330. The van der Waals surface area contributed by atoms with Gasteiger partial charge in [0, 0.05) is 59.2 Å².